The van der Waals surface area contributed by atoms with Gasteiger partial charge in [-0.05, 0) is 49.2 Å². The van der Waals surface area contributed by atoms with Gasteiger partial charge >= 0.3 is 5.88 Å². The Morgan fingerprint density at radius 2 is 1.91 bits per heavy atom. The van der Waals surface area contributed by atoms with E-state index in [0.29, 0.717) is 16.3 Å². The molecule has 8 nitrogen and oxygen atoms in total. The number of nitrogens with zero attached hydrogens (tertiary/aromatic N) is 4. The quantitative estimate of drug-likeness (QED) is 0.178. The van der Waals surface area contributed by atoms with Crippen LogP contribution in [0.1, 0.15) is 16.9 Å². The molecule has 3 heterocycles. The summed E-state index contributed by atoms with van der Waals surface area (Å²) in [6.07, 6.45) is 1.42. The lowest BCUT2D eigenvalue weighted by molar-refractivity contribution is -0.402. The standard InChI is InChI=1S/C24H18N4O4S/c1-15-6-5-8-19(16(15)2)26-24-27(25-13-18-10-11-23(31-18)28(29)30)20(14-33-24)22-12-17-7-3-4-9-21(17)32-22/h3-14H,1-2H3. The molecule has 2 aromatic carbocycles. The summed E-state index contributed by atoms with van der Waals surface area (Å²) in [4.78, 5) is 15.8. The predicted molar refractivity (Wildman–Crippen MR) is 127 cm³/mol. The highest BCUT2D eigenvalue weighted by Gasteiger charge is 2.14. The van der Waals surface area contributed by atoms with Crippen molar-refractivity contribution in [3.63, 3.8) is 0 Å². The first-order valence-corrected chi connectivity index (χ1v) is 11.0. The Morgan fingerprint density at radius 1 is 1.06 bits per heavy atom. The predicted octanol–water partition coefficient (Wildman–Crippen LogP) is 6.20. The average Bonchev–Trinajstić information content (AvgIpc) is 3.53. The fourth-order valence-corrected chi connectivity index (χ4v) is 4.18. The second kappa shape index (κ2) is 8.36. The molecule has 0 amide bonds. The molecule has 0 aliphatic carbocycles. The summed E-state index contributed by atoms with van der Waals surface area (Å²) < 4.78 is 12.9. The molecule has 0 radical (unpaired) electrons. The lowest BCUT2D eigenvalue weighted by atomic mass is 10.1. The van der Waals surface area contributed by atoms with Gasteiger partial charge in [0.15, 0.2) is 11.5 Å². The van der Waals surface area contributed by atoms with Gasteiger partial charge in [-0.2, -0.15) is 5.10 Å². The molecule has 0 saturated carbocycles. The minimum atomic E-state index is -0.587. The number of nitro groups is 1. The van der Waals surface area contributed by atoms with E-state index >= 15 is 0 Å². The van der Waals surface area contributed by atoms with Crippen LogP contribution in [0.25, 0.3) is 22.4 Å². The highest BCUT2D eigenvalue weighted by molar-refractivity contribution is 7.07. The lowest BCUT2D eigenvalue weighted by Gasteiger charge is -2.03. The van der Waals surface area contributed by atoms with Crippen molar-refractivity contribution in [3.05, 3.63) is 97.8 Å². The van der Waals surface area contributed by atoms with Crippen LogP contribution in [0.4, 0.5) is 11.6 Å². The van der Waals surface area contributed by atoms with E-state index in [1.165, 1.54) is 29.7 Å². The summed E-state index contributed by atoms with van der Waals surface area (Å²) in [5, 5.41) is 18.4. The normalized spacial score (nSPS) is 12.2. The van der Waals surface area contributed by atoms with Crippen LogP contribution in [0.15, 0.2) is 85.0 Å². The van der Waals surface area contributed by atoms with Crippen molar-refractivity contribution < 1.29 is 13.8 Å². The second-order valence-corrected chi connectivity index (χ2v) is 8.21. The third-order valence-corrected chi connectivity index (χ3v) is 6.06. The fourth-order valence-electron chi connectivity index (χ4n) is 3.35. The van der Waals surface area contributed by atoms with Gasteiger partial charge in [-0.25, -0.2) is 9.67 Å². The molecule has 3 aromatic heterocycles. The van der Waals surface area contributed by atoms with Crippen molar-refractivity contribution in [1.82, 2.24) is 4.68 Å². The summed E-state index contributed by atoms with van der Waals surface area (Å²) in [5.74, 6) is 0.552. The number of rotatable bonds is 5. The van der Waals surface area contributed by atoms with Crippen LogP contribution in [0.5, 0.6) is 0 Å². The van der Waals surface area contributed by atoms with Crippen LogP contribution in [0.2, 0.25) is 0 Å². The van der Waals surface area contributed by atoms with Gasteiger partial charge in [-0.3, -0.25) is 10.1 Å². The second-order valence-electron chi connectivity index (χ2n) is 7.37. The van der Waals surface area contributed by atoms with Crippen molar-refractivity contribution in [1.29, 1.82) is 0 Å². The molecule has 9 heteroatoms. The summed E-state index contributed by atoms with van der Waals surface area (Å²) in [7, 11) is 0. The van der Waals surface area contributed by atoms with Crippen LogP contribution >= 0.6 is 11.3 Å². The largest absolute Gasteiger partial charge is 0.454 e. The molecule has 0 N–H and O–H groups in total. The molecule has 0 aliphatic rings. The Bertz CT molecular complexity index is 1550. The Hall–Kier alpha value is -4.24. The molecule has 0 fully saturated rings. The summed E-state index contributed by atoms with van der Waals surface area (Å²) in [5.41, 5.74) is 4.53. The minimum absolute atomic E-state index is 0.258. The number of para-hydroxylation sites is 1. The Labute approximate surface area is 191 Å². The van der Waals surface area contributed by atoms with Gasteiger partial charge in [-0.15, -0.1) is 11.3 Å². The van der Waals surface area contributed by atoms with Gasteiger partial charge in [0.1, 0.15) is 16.2 Å². The number of furan rings is 2. The molecule has 33 heavy (non-hydrogen) atoms. The van der Waals surface area contributed by atoms with Gasteiger partial charge in [0.2, 0.25) is 4.80 Å². The van der Waals surface area contributed by atoms with E-state index in [2.05, 4.69) is 5.10 Å². The number of aryl methyl sites for hydroxylation is 1. The third kappa shape index (κ3) is 4.01. The number of hydrogen-bond donors (Lipinski definition) is 0. The fraction of sp³-hybridized carbons (Fsp3) is 0.0833. The van der Waals surface area contributed by atoms with Crippen LogP contribution in [-0.2, 0) is 0 Å². The molecule has 0 saturated heterocycles. The summed E-state index contributed by atoms with van der Waals surface area (Å²) in [6, 6.07) is 18.4. The molecule has 0 atom stereocenters. The maximum atomic E-state index is 10.9. The van der Waals surface area contributed by atoms with Crippen LogP contribution in [-0.4, -0.2) is 15.8 Å². The van der Waals surface area contributed by atoms with Crippen molar-refractivity contribution in [2.75, 3.05) is 0 Å². The van der Waals surface area contributed by atoms with E-state index in [4.69, 9.17) is 13.8 Å². The van der Waals surface area contributed by atoms with Gasteiger partial charge in [0.05, 0.1) is 18.0 Å². The maximum Gasteiger partial charge on any atom is 0.433 e. The zero-order chi connectivity index (χ0) is 22.9. The van der Waals surface area contributed by atoms with E-state index in [1.807, 2.05) is 67.8 Å². The number of hydrogen-bond acceptors (Lipinski definition) is 7. The number of aromatic nitrogens is 1. The highest BCUT2D eigenvalue weighted by atomic mass is 32.1. The number of benzene rings is 2. The van der Waals surface area contributed by atoms with Crippen LogP contribution in [0.3, 0.4) is 0 Å². The minimum Gasteiger partial charge on any atom is -0.454 e. The van der Waals surface area contributed by atoms with Crippen molar-refractivity contribution >= 4 is 40.1 Å². The highest BCUT2D eigenvalue weighted by Crippen LogP contribution is 2.29. The van der Waals surface area contributed by atoms with Crippen molar-refractivity contribution in [3.8, 4) is 11.5 Å². The number of thiazole rings is 1. The first-order valence-electron chi connectivity index (χ1n) is 10.1. The Balaban J connectivity index is 1.66. The molecule has 5 rings (SSSR count). The monoisotopic (exact) mass is 458 g/mol. The number of fused-ring (bicyclic) bond motifs is 1. The Kier molecular flexibility index (Phi) is 5.23. The van der Waals surface area contributed by atoms with Gasteiger partial charge < -0.3 is 8.83 Å². The smallest absolute Gasteiger partial charge is 0.433 e. The molecule has 0 aliphatic heterocycles. The van der Waals surface area contributed by atoms with Crippen molar-refractivity contribution in [2.45, 2.75) is 13.8 Å². The molecule has 0 unspecified atom stereocenters. The molecule has 0 spiro atoms. The third-order valence-electron chi connectivity index (χ3n) is 5.25. The molecular weight excluding hydrogens is 440 g/mol. The van der Waals surface area contributed by atoms with E-state index < -0.39 is 4.92 Å². The topological polar surface area (TPSA) is 99.1 Å². The van der Waals surface area contributed by atoms with Crippen molar-refractivity contribution in [2.24, 2.45) is 10.1 Å². The summed E-state index contributed by atoms with van der Waals surface area (Å²) >= 11 is 1.42. The lowest BCUT2D eigenvalue weighted by Crippen LogP contribution is -2.11. The molecule has 0 bridgehead atoms. The molecule has 164 valence electrons. The SMILES string of the molecule is Cc1cccc(N=c2scc(-c3cc4ccccc4o3)n2N=Cc2ccc([N+](=O)[O-])o2)c1C. The van der Waals surface area contributed by atoms with Gasteiger partial charge in [-0.1, -0.05) is 30.3 Å². The first-order chi connectivity index (χ1) is 16.0. The average molecular weight is 458 g/mol. The van der Waals surface area contributed by atoms with E-state index in [9.17, 15) is 10.1 Å². The zero-order valence-electron chi connectivity index (χ0n) is 17.8. The first kappa shape index (κ1) is 20.7. The Morgan fingerprint density at radius 3 is 2.70 bits per heavy atom. The van der Waals surface area contributed by atoms with E-state index in [1.54, 1.807) is 4.68 Å². The zero-order valence-corrected chi connectivity index (χ0v) is 18.6. The maximum absolute atomic E-state index is 10.9. The molecule has 5 aromatic rings. The summed E-state index contributed by atoms with van der Waals surface area (Å²) in [6.45, 7) is 4.07. The van der Waals surface area contributed by atoms with Gasteiger partial charge in [0.25, 0.3) is 0 Å². The van der Waals surface area contributed by atoms with Gasteiger partial charge in [0, 0.05) is 10.8 Å². The molecular formula is C24H18N4O4S. The van der Waals surface area contributed by atoms with E-state index in [-0.39, 0.29) is 11.6 Å². The van der Waals surface area contributed by atoms with Crippen LogP contribution in [0, 0.1) is 24.0 Å². The van der Waals surface area contributed by atoms with Crippen LogP contribution < -0.4 is 4.80 Å². The van der Waals surface area contributed by atoms with E-state index in [0.717, 1.165) is 27.8 Å².